The highest BCUT2D eigenvalue weighted by atomic mass is 32.2. The Kier molecular flexibility index (Phi) is 15.8. The molecule has 0 radical (unpaired) electrons. The molecule has 2 saturated heterocycles. The van der Waals surface area contributed by atoms with E-state index in [2.05, 4.69) is 94.7 Å². The average Bonchev–Trinajstić information content (AvgIpc) is 4.13. The van der Waals surface area contributed by atoms with Gasteiger partial charge in [0.1, 0.15) is 36.2 Å². The van der Waals surface area contributed by atoms with E-state index in [0.717, 1.165) is 132 Å². The van der Waals surface area contributed by atoms with Crippen molar-refractivity contribution in [1.82, 2.24) is 9.80 Å². The first-order valence-electron chi connectivity index (χ1n) is 24.9. The minimum atomic E-state index is -3.67. The number of hydrogen-bond donors (Lipinski definition) is 1. The van der Waals surface area contributed by atoms with Crippen LogP contribution in [0.15, 0.2) is 133 Å². The van der Waals surface area contributed by atoms with Crippen LogP contribution in [0.3, 0.4) is 0 Å². The number of fused-ring (bicyclic) bond motifs is 2. The minimum absolute atomic E-state index is 0.0403. The lowest BCUT2D eigenvalue weighted by atomic mass is 9.76. The van der Waals surface area contributed by atoms with Gasteiger partial charge in [-0.3, -0.25) is 19.1 Å². The van der Waals surface area contributed by atoms with Gasteiger partial charge in [0.15, 0.2) is 5.78 Å². The Morgan fingerprint density at radius 1 is 0.507 bits per heavy atom. The highest BCUT2D eigenvalue weighted by molar-refractivity contribution is 7.85. The lowest BCUT2D eigenvalue weighted by Crippen LogP contribution is -2.25. The second-order valence-electron chi connectivity index (χ2n) is 18.7. The zero-order valence-corrected chi connectivity index (χ0v) is 41.9. The van der Waals surface area contributed by atoms with E-state index in [4.69, 9.17) is 23.5 Å². The number of methoxy groups -OCH3 is 2. The zero-order valence-electron chi connectivity index (χ0n) is 41.1. The molecule has 6 aromatic carbocycles. The molecule has 0 spiro atoms. The highest BCUT2D eigenvalue weighted by Crippen LogP contribution is 2.46. The van der Waals surface area contributed by atoms with Gasteiger partial charge in [0, 0.05) is 24.2 Å². The molecule has 0 aromatic heterocycles. The van der Waals surface area contributed by atoms with E-state index in [9.17, 15) is 8.42 Å². The zero-order chi connectivity index (χ0) is 49.3. The van der Waals surface area contributed by atoms with Gasteiger partial charge in [0.05, 0.1) is 20.5 Å². The van der Waals surface area contributed by atoms with Crippen LogP contribution in [0.5, 0.6) is 23.0 Å². The SMILES string of the molecule is COc1ccc(C2=C(c3cc(OCCN4CCCC4)ccc3C(=O)c3ccc(OCCN4CCCC4)cc3C3=C(c4ccc(OC)cc4)CCc4ccccc43)c3ccccc3CC2)cc1.CS(=O)(=O)O. The number of hydrogen-bond acceptors (Lipinski definition) is 9. The van der Waals surface area contributed by atoms with Crippen LogP contribution in [-0.2, 0) is 23.0 Å². The van der Waals surface area contributed by atoms with Gasteiger partial charge >= 0.3 is 0 Å². The van der Waals surface area contributed by atoms with E-state index in [0.29, 0.717) is 30.6 Å². The summed E-state index contributed by atoms with van der Waals surface area (Å²) in [5.41, 5.74) is 14.6. The van der Waals surface area contributed by atoms with Crippen molar-refractivity contribution in [3.63, 3.8) is 0 Å². The van der Waals surface area contributed by atoms with Crippen LogP contribution in [0.25, 0.3) is 22.3 Å². The summed E-state index contributed by atoms with van der Waals surface area (Å²) in [4.78, 5) is 21.0. The van der Waals surface area contributed by atoms with Crippen molar-refractivity contribution in [3.05, 3.63) is 189 Å². The first kappa shape index (κ1) is 49.5. The monoisotopic (exact) mass is 972 g/mol. The van der Waals surface area contributed by atoms with Crippen LogP contribution in [0.4, 0.5) is 0 Å². The highest BCUT2D eigenvalue weighted by Gasteiger charge is 2.30. The fourth-order valence-electron chi connectivity index (χ4n) is 10.6. The van der Waals surface area contributed by atoms with E-state index < -0.39 is 10.1 Å². The van der Waals surface area contributed by atoms with Crippen molar-refractivity contribution >= 4 is 38.2 Å². The number of rotatable bonds is 16. The van der Waals surface area contributed by atoms with Crippen molar-refractivity contribution in [2.75, 3.05) is 73.0 Å². The number of aryl methyl sites for hydroxylation is 2. The quantitative estimate of drug-likeness (QED) is 0.0743. The molecule has 2 aliphatic heterocycles. The number of ketones is 1. The van der Waals surface area contributed by atoms with Crippen LogP contribution in [0.2, 0.25) is 0 Å². The molecule has 10 rings (SSSR count). The van der Waals surface area contributed by atoms with Crippen molar-refractivity contribution in [2.45, 2.75) is 51.4 Å². The molecule has 2 aliphatic carbocycles. The first-order valence-corrected chi connectivity index (χ1v) is 26.8. The van der Waals surface area contributed by atoms with Gasteiger partial charge in [0.25, 0.3) is 10.1 Å². The lowest BCUT2D eigenvalue weighted by Gasteiger charge is -2.28. The fourth-order valence-corrected chi connectivity index (χ4v) is 10.6. The molecule has 10 nitrogen and oxygen atoms in total. The molecule has 2 fully saturated rings. The van der Waals surface area contributed by atoms with Crippen molar-refractivity contribution in [1.29, 1.82) is 0 Å². The lowest BCUT2D eigenvalue weighted by molar-refractivity contribution is 0.103. The molecule has 0 saturated carbocycles. The Labute approximate surface area is 419 Å². The largest absolute Gasteiger partial charge is 0.497 e. The summed E-state index contributed by atoms with van der Waals surface area (Å²) in [5.74, 6) is 3.10. The predicted octanol–water partition coefficient (Wildman–Crippen LogP) is 11.2. The Bertz CT molecular complexity index is 2820. The van der Waals surface area contributed by atoms with Crippen LogP contribution in [0.1, 0.15) is 99.0 Å². The van der Waals surface area contributed by atoms with Gasteiger partial charge < -0.3 is 18.9 Å². The minimum Gasteiger partial charge on any atom is -0.497 e. The topological polar surface area (TPSA) is 115 Å². The third-order valence-electron chi connectivity index (χ3n) is 14.1. The third kappa shape index (κ3) is 12.0. The van der Waals surface area contributed by atoms with E-state index in [1.165, 1.54) is 48.0 Å². The van der Waals surface area contributed by atoms with Crippen LogP contribution in [-0.4, -0.2) is 102 Å². The van der Waals surface area contributed by atoms with Gasteiger partial charge in [0.2, 0.25) is 0 Å². The molecule has 0 bridgehead atoms. The summed E-state index contributed by atoms with van der Waals surface area (Å²) >= 11 is 0. The number of allylic oxidation sites excluding steroid dienone is 2. The molecular formula is C60H64N2O8S. The van der Waals surface area contributed by atoms with Gasteiger partial charge in [-0.1, -0.05) is 72.8 Å². The summed E-state index contributed by atoms with van der Waals surface area (Å²) in [7, 11) is -0.264. The number of carbonyl (C=O) groups excluding carboxylic acids is 1. The molecular weight excluding hydrogens is 909 g/mol. The number of benzene rings is 6. The smallest absolute Gasteiger partial charge is 0.261 e. The summed E-state index contributed by atoms with van der Waals surface area (Å²) in [5, 5.41) is 0. The maximum absolute atomic E-state index is 16.1. The van der Waals surface area contributed by atoms with Gasteiger partial charge in [-0.05, 0) is 205 Å². The van der Waals surface area contributed by atoms with Crippen molar-refractivity contribution in [2.24, 2.45) is 0 Å². The molecule has 2 heterocycles. The fraction of sp³-hybridized carbons (Fsp3) is 0.317. The Balaban J connectivity index is 0.00000119. The predicted molar refractivity (Wildman–Crippen MR) is 283 cm³/mol. The molecule has 0 amide bonds. The Morgan fingerprint density at radius 2 is 0.873 bits per heavy atom. The van der Waals surface area contributed by atoms with Crippen LogP contribution < -0.4 is 18.9 Å². The summed E-state index contributed by atoms with van der Waals surface area (Å²) in [6.07, 6.45) is 9.13. The first-order chi connectivity index (χ1) is 34.5. The average molecular weight is 973 g/mol. The van der Waals surface area contributed by atoms with Gasteiger partial charge in [-0.25, -0.2) is 0 Å². The molecule has 6 aromatic rings. The number of likely N-dealkylation sites (tertiary alicyclic amines) is 2. The van der Waals surface area contributed by atoms with E-state index in [1.807, 2.05) is 48.5 Å². The second-order valence-corrected chi connectivity index (χ2v) is 20.2. The summed E-state index contributed by atoms with van der Waals surface area (Å²) in [6, 6.07) is 46.3. The number of ether oxygens (including phenoxy) is 4. The van der Waals surface area contributed by atoms with Crippen molar-refractivity contribution in [3.8, 4) is 23.0 Å². The summed E-state index contributed by atoms with van der Waals surface area (Å²) < 4.78 is 50.3. The maximum atomic E-state index is 16.1. The molecule has 11 heteroatoms. The molecule has 4 aliphatic rings. The van der Waals surface area contributed by atoms with E-state index in [-0.39, 0.29) is 5.78 Å². The van der Waals surface area contributed by atoms with Crippen LogP contribution in [0, 0.1) is 0 Å². The number of carbonyl (C=O) groups is 1. The molecule has 0 atom stereocenters. The van der Waals surface area contributed by atoms with E-state index in [1.54, 1.807) is 14.2 Å². The van der Waals surface area contributed by atoms with Crippen molar-refractivity contribution < 1.29 is 36.7 Å². The summed E-state index contributed by atoms with van der Waals surface area (Å²) in [6.45, 7) is 7.37. The van der Waals surface area contributed by atoms with Gasteiger partial charge in [-0.15, -0.1) is 0 Å². The Hall–Kier alpha value is -6.50. The maximum Gasteiger partial charge on any atom is 0.261 e. The Morgan fingerprint density at radius 3 is 1.25 bits per heavy atom. The molecule has 1 N–H and O–H groups in total. The molecule has 368 valence electrons. The number of nitrogens with zero attached hydrogens (tertiary/aromatic N) is 2. The van der Waals surface area contributed by atoms with E-state index >= 15 is 4.79 Å². The standard InChI is InChI=1S/C59H60N2O5.CH4O3S/c1-63-45-21-15-43(16-22-45)51-27-19-41-11-3-5-13-49(41)57(51)55-39-47(65-37-35-60-31-7-8-32-60)25-29-53(55)59(62)54-30-26-48(66-38-36-61-33-9-10-34-61)40-56(54)58-50-14-6-4-12-42(50)20-28-52(58)44-17-23-46(64-2)24-18-44;1-5(2,3)4/h3-6,11-18,21-26,29-30,39-40H,7-10,19-20,27-28,31-38H2,1-2H3;1H3,(H,2,3,4). The second kappa shape index (κ2) is 22.7. The van der Waals surface area contributed by atoms with Gasteiger partial charge in [-0.2, -0.15) is 8.42 Å². The molecule has 0 unspecified atom stereocenters. The van der Waals surface area contributed by atoms with Crippen LogP contribution >= 0.6 is 0 Å². The normalized spacial score (nSPS) is 15.9. The third-order valence-corrected chi connectivity index (χ3v) is 14.1. The molecule has 71 heavy (non-hydrogen) atoms.